The smallest absolute Gasteiger partial charge is 0.261 e. The summed E-state index contributed by atoms with van der Waals surface area (Å²) in [7, 11) is 0. The van der Waals surface area contributed by atoms with Gasteiger partial charge in [-0.15, -0.1) is 0 Å². The summed E-state index contributed by atoms with van der Waals surface area (Å²) in [5, 5.41) is 2.99. The highest BCUT2D eigenvalue weighted by Gasteiger charge is 2.17. The predicted molar refractivity (Wildman–Crippen MR) is 109 cm³/mol. The van der Waals surface area contributed by atoms with Crippen molar-refractivity contribution in [1.82, 2.24) is 5.32 Å². The van der Waals surface area contributed by atoms with E-state index in [1.165, 1.54) is 11.1 Å². The maximum atomic E-state index is 12.4. The van der Waals surface area contributed by atoms with E-state index in [0.29, 0.717) is 13.0 Å². The average Bonchev–Trinajstić information content (AvgIpc) is 2.69. The minimum atomic E-state index is -0.465. The highest BCUT2D eigenvalue weighted by molar-refractivity contribution is 5.81. The van der Waals surface area contributed by atoms with E-state index < -0.39 is 6.10 Å². The Morgan fingerprint density at radius 3 is 2.52 bits per heavy atom. The van der Waals surface area contributed by atoms with E-state index in [1.807, 2.05) is 56.3 Å². The van der Waals surface area contributed by atoms with Crippen molar-refractivity contribution in [2.24, 2.45) is 0 Å². The molecule has 2 rings (SSSR count). The van der Waals surface area contributed by atoms with Crippen LogP contribution in [0.2, 0.25) is 0 Å². The van der Waals surface area contributed by atoms with Crippen LogP contribution in [0.5, 0.6) is 11.5 Å². The van der Waals surface area contributed by atoms with Crippen LogP contribution in [-0.4, -0.2) is 25.2 Å². The molecule has 0 bridgehead atoms. The Morgan fingerprint density at radius 2 is 1.81 bits per heavy atom. The first-order valence-corrected chi connectivity index (χ1v) is 9.85. The lowest BCUT2D eigenvalue weighted by atomic mass is 10.1. The van der Waals surface area contributed by atoms with Gasteiger partial charge in [0.25, 0.3) is 5.91 Å². The Morgan fingerprint density at radius 1 is 1.07 bits per heavy atom. The number of rotatable bonds is 11. The number of hydrogen-bond donors (Lipinski definition) is 1. The molecule has 27 heavy (non-hydrogen) atoms. The molecule has 2 aromatic carbocycles. The molecule has 0 saturated carbocycles. The van der Waals surface area contributed by atoms with Crippen LogP contribution in [0.25, 0.3) is 0 Å². The first-order valence-electron chi connectivity index (χ1n) is 9.85. The number of amides is 1. The molecular formula is C23H31NO3. The van der Waals surface area contributed by atoms with E-state index in [1.54, 1.807) is 0 Å². The van der Waals surface area contributed by atoms with Gasteiger partial charge in [-0.3, -0.25) is 4.79 Å². The Kier molecular flexibility index (Phi) is 8.69. The minimum absolute atomic E-state index is 0.0615. The van der Waals surface area contributed by atoms with Gasteiger partial charge in [-0.1, -0.05) is 49.7 Å². The normalized spacial score (nSPS) is 11.7. The van der Waals surface area contributed by atoms with Gasteiger partial charge >= 0.3 is 0 Å². The Labute approximate surface area is 162 Å². The van der Waals surface area contributed by atoms with Gasteiger partial charge in [0.15, 0.2) is 6.10 Å². The lowest BCUT2D eigenvalue weighted by molar-refractivity contribution is -0.128. The summed E-state index contributed by atoms with van der Waals surface area (Å²) in [5.41, 5.74) is 2.35. The number of para-hydroxylation sites is 1. The summed E-state index contributed by atoms with van der Waals surface area (Å²) in [4.78, 5) is 12.4. The monoisotopic (exact) mass is 369 g/mol. The van der Waals surface area contributed by atoms with Crippen molar-refractivity contribution >= 4 is 5.91 Å². The van der Waals surface area contributed by atoms with E-state index in [9.17, 15) is 4.79 Å². The Hall–Kier alpha value is -2.49. The molecule has 0 fully saturated rings. The van der Waals surface area contributed by atoms with E-state index in [0.717, 1.165) is 37.4 Å². The zero-order valence-electron chi connectivity index (χ0n) is 16.7. The van der Waals surface area contributed by atoms with E-state index in [4.69, 9.17) is 9.47 Å². The molecule has 0 spiro atoms. The molecule has 0 saturated heterocycles. The van der Waals surface area contributed by atoms with Crippen molar-refractivity contribution in [3.05, 3.63) is 59.7 Å². The largest absolute Gasteiger partial charge is 0.493 e. The minimum Gasteiger partial charge on any atom is -0.493 e. The van der Waals surface area contributed by atoms with Gasteiger partial charge in [0, 0.05) is 6.54 Å². The fraction of sp³-hybridized carbons (Fsp3) is 0.435. The van der Waals surface area contributed by atoms with Crippen LogP contribution >= 0.6 is 0 Å². The van der Waals surface area contributed by atoms with Gasteiger partial charge < -0.3 is 14.8 Å². The molecule has 1 amide bonds. The molecule has 4 heteroatoms. The molecule has 0 aliphatic carbocycles. The van der Waals surface area contributed by atoms with Crippen LogP contribution in [0, 0.1) is 6.92 Å². The van der Waals surface area contributed by atoms with Crippen LogP contribution in [0.1, 0.15) is 44.2 Å². The third-order valence-electron chi connectivity index (χ3n) is 4.32. The predicted octanol–water partition coefficient (Wildman–Crippen LogP) is 4.69. The molecular weight excluding hydrogens is 338 g/mol. The third-order valence-corrected chi connectivity index (χ3v) is 4.32. The maximum Gasteiger partial charge on any atom is 0.261 e. The molecule has 0 heterocycles. The summed E-state index contributed by atoms with van der Waals surface area (Å²) in [6.07, 6.45) is 2.89. The molecule has 2 aromatic rings. The molecule has 0 aliphatic heterocycles. The van der Waals surface area contributed by atoms with Crippen molar-refractivity contribution in [3.8, 4) is 11.5 Å². The van der Waals surface area contributed by atoms with Gasteiger partial charge in [-0.25, -0.2) is 0 Å². The van der Waals surface area contributed by atoms with Gasteiger partial charge in [0.2, 0.25) is 0 Å². The lowest BCUT2D eigenvalue weighted by Crippen LogP contribution is -2.38. The first kappa shape index (κ1) is 20.8. The van der Waals surface area contributed by atoms with E-state index in [-0.39, 0.29) is 5.91 Å². The third kappa shape index (κ3) is 6.97. The standard InChI is InChI=1S/C23H31NO3/c1-4-17-26-22-11-7-6-9-19(22)10-8-16-24-23(25)21(5-2)27-20-14-12-18(3)13-15-20/h6-7,9,11-15,21H,4-5,8,10,16-17H2,1-3H3,(H,24,25)/t21-/m1/s1. The molecule has 0 aliphatic rings. The van der Waals surface area contributed by atoms with Crippen LogP contribution in [0.15, 0.2) is 48.5 Å². The highest BCUT2D eigenvalue weighted by atomic mass is 16.5. The van der Waals surface area contributed by atoms with Crippen molar-refractivity contribution in [3.63, 3.8) is 0 Å². The fourth-order valence-corrected chi connectivity index (χ4v) is 2.77. The lowest BCUT2D eigenvalue weighted by Gasteiger charge is -2.17. The summed E-state index contributed by atoms with van der Waals surface area (Å²) in [5.74, 6) is 1.61. The zero-order valence-corrected chi connectivity index (χ0v) is 16.7. The van der Waals surface area contributed by atoms with Gasteiger partial charge in [0.05, 0.1) is 6.61 Å². The Balaban J connectivity index is 1.78. The quantitative estimate of drug-likeness (QED) is 0.585. The second kappa shape index (κ2) is 11.3. The number of aryl methyl sites for hydroxylation is 2. The van der Waals surface area contributed by atoms with Gasteiger partial charge in [-0.05, 0) is 56.4 Å². The highest BCUT2D eigenvalue weighted by Crippen LogP contribution is 2.19. The number of nitrogens with one attached hydrogen (secondary N) is 1. The van der Waals surface area contributed by atoms with Crippen LogP contribution < -0.4 is 14.8 Å². The van der Waals surface area contributed by atoms with Gasteiger partial charge in [0.1, 0.15) is 11.5 Å². The second-order valence-electron chi connectivity index (χ2n) is 6.68. The number of ether oxygens (including phenoxy) is 2. The molecule has 1 N–H and O–H groups in total. The van der Waals surface area contributed by atoms with Crippen LogP contribution in [-0.2, 0) is 11.2 Å². The van der Waals surface area contributed by atoms with Crippen LogP contribution in [0.4, 0.5) is 0 Å². The van der Waals surface area contributed by atoms with Crippen LogP contribution in [0.3, 0.4) is 0 Å². The second-order valence-corrected chi connectivity index (χ2v) is 6.68. The van der Waals surface area contributed by atoms with E-state index >= 15 is 0 Å². The molecule has 4 nitrogen and oxygen atoms in total. The molecule has 0 unspecified atom stereocenters. The fourth-order valence-electron chi connectivity index (χ4n) is 2.77. The van der Waals surface area contributed by atoms with E-state index in [2.05, 4.69) is 18.3 Å². The number of hydrogen-bond acceptors (Lipinski definition) is 3. The Bertz CT molecular complexity index is 697. The van der Waals surface area contributed by atoms with Crippen molar-refractivity contribution in [2.45, 2.75) is 52.6 Å². The molecule has 0 aromatic heterocycles. The molecule has 0 radical (unpaired) electrons. The SMILES string of the molecule is CCCOc1ccccc1CCCNC(=O)[C@@H](CC)Oc1ccc(C)cc1. The average molecular weight is 370 g/mol. The summed E-state index contributed by atoms with van der Waals surface area (Å²) in [6, 6.07) is 15.9. The molecule has 1 atom stereocenters. The first-order chi connectivity index (χ1) is 13.1. The zero-order chi connectivity index (χ0) is 19.5. The number of carbonyl (C=O) groups excluding carboxylic acids is 1. The maximum absolute atomic E-state index is 12.4. The summed E-state index contributed by atoms with van der Waals surface area (Å²) in [6.45, 7) is 7.43. The van der Waals surface area contributed by atoms with Crippen molar-refractivity contribution < 1.29 is 14.3 Å². The summed E-state index contributed by atoms with van der Waals surface area (Å²) >= 11 is 0. The summed E-state index contributed by atoms with van der Waals surface area (Å²) < 4.78 is 11.6. The topological polar surface area (TPSA) is 47.6 Å². The number of benzene rings is 2. The van der Waals surface area contributed by atoms with Gasteiger partial charge in [-0.2, -0.15) is 0 Å². The van der Waals surface area contributed by atoms with Crippen molar-refractivity contribution in [1.29, 1.82) is 0 Å². The molecule has 146 valence electrons. The number of carbonyl (C=O) groups is 1. The van der Waals surface area contributed by atoms with Crippen molar-refractivity contribution in [2.75, 3.05) is 13.2 Å².